The summed E-state index contributed by atoms with van der Waals surface area (Å²) >= 11 is 0. The summed E-state index contributed by atoms with van der Waals surface area (Å²) in [6.07, 6.45) is -1.16. The van der Waals surface area contributed by atoms with Crippen molar-refractivity contribution in [2.75, 3.05) is 18.9 Å². The zero-order valence-corrected chi connectivity index (χ0v) is 16.0. The average molecular weight is 423 g/mol. The van der Waals surface area contributed by atoms with E-state index < -0.39 is 36.6 Å². The molecule has 1 fully saturated rings. The zero-order chi connectivity index (χ0) is 21.8. The van der Waals surface area contributed by atoms with Crippen molar-refractivity contribution in [2.24, 2.45) is 22.2 Å². The molecule has 0 spiro atoms. The molecule has 14 nitrogen and oxygen atoms in total. The van der Waals surface area contributed by atoms with Crippen LogP contribution < -0.4 is 22.9 Å². The first-order valence-electron chi connectivity index (χ1n) is 9.21. The number of rotatable bonds is 8. The number of aromatic nitrogens is 4. The van der Waals surface area contributed by atoms with Gasteiger partial charge in [0.1, 0.15) is 42.8 Å². The second-order valence-electron chi connectivity index (χ2n) is 6.81. The minimum atomic E-state index is -1.31. The predicted molar refractivity (Wildman–Crippen MR) is 105 cm³/mol. The molecule has 10 N–H and O–H groups in total. The molecule has 2 aromatic rings. The Morgan fingerprint density at radius 1 is 1.30 bits per heavy atom. The lowest BCUT2D eigenvalue weighted by molar-refractivity contribution is -0.151. The smallest absolute Gasteiger partial charge is 0.323 e. The molecule has 0 unspecified atom stereocenters. The lowest BCUT2D eigenvalue weighted by Gasteiger charge is -2.17. The predicted octanol–water partition coefficient (Wildman–Crippen LogP) is -3.05. The number of fused-ring (bicyclic) bond motifs is 1. The van der Waals surface area contributed by atoms with Gasteiger partial charge in [-0.2, -0.15) is 0 Å². The van der Waals surface area contributed by atoms with Gasteiger partial charge in [0.2, 0.25) is 0 Å². The van der Waals surface area contributed by atoms with Crippen LogP contribution in [0.1, 0.15) is 19.1 Å². The molecule has 1 saturated heterocycles. The van der Waals surface area contributed by atoms with E-state index in [0.29, 0.717) is 30.6 Å². The second kappa shape index (κ2) is 9.17. The van der Waals surface area contributed by atoms with Gasteiger partial charge in [-0.25, -0.2) is 15.0 Å². The fraction of sp³-hybridized carbons (Fsp3) is 0.562. The molecule has 1 aliphatic heterocycles. The van der Waals surface area contributed by atoms with Crippen LogP contribution >= 0.6 is 0 Å². The molecule has 1 aliphatic rings. The number of esters is 1. The molecule has 14 heteroatoms. The van der Waals surface area contributed by atoms with E-state index in [9.17, 15) is 15.0 Å². The topological polar surface area (TPSA) is 236 Å². The SMILES string of the molecule is NC(N)=NCCC[C@H](N)C(=O)OC[C@H]1O[C@@H](n2cnc3c(N)ncnc32)[C@H](O)[C@@H]1O. The lowest BCUT2D eigenvalue weighted by Crippen LogP contribution is -2.38. The summed E-state index contributed by atoms with van der Waals surface area (Å²) in [6, 6.07) is -0.879. The molecular weight excluding hydrogens is 398 g/mol. The summed E-state index contributed by atoms with van der Waals surface area (Å²) in [4.78, 5) is 27.9. The first-order valence-corrected chi connectivity index (χ1v) is 9.21. The number of aliphatic imine (C=N–C) groups is 1. The molecule has 0 amide bonds. The van der Waals surface area contributed by atoms with Gasteiger partial charge in [0.25, 0.3) is 0 Å². The molecule has 5 atom stereocenters. The molecule has 0 bridgehead atoms. The average Bonchev–Trinajstić information content (AvgIpc) is 3.26. The Balaban J connectivity index is 1.57. The maximum Gasteiger partial charge on any atom is 0.323 e. The Labute approximate surface area is 170 Å². The highest BCUT2D eigenvalue weighted by molar-refractivity contribution is 5.81. The highest BCUT2D eigenvalue weighted by atomic mass is 16.6. The number of imidazole rings is 1. The van der Waals surface area contributed by atoms with Crippen LogP contribution in [0.2, 0.25) is 0 Å². The van der Waals surface area contributed by atoms with Crippen molar-refractivity contribution in [2.45, 2.75) is 43.4 Å². The van der Waals surface area contributed by atoms with E-state index in [1.165, 1.54) is 17.2 Å². The Kier molecular flexibility index (Phi) is 6.61. The molecule has 0 aromatic carbocycles. The van der Waals surface area contributed by atoms with Crippen molar-refractivity contribution in [1.82, 2.24) is 19.5 Å². The zero-order valence-electron chi connectivity index (χ0n) is 16.0. The van der Waals surface area contributed by atoms with Crippen LogP contribution in [0.15, 0.2) is 17.6 Å². The van der Waals surface area contributed by atoms with Crippen LogP contribution in [-0.2, 0) is 14.3 Å². The molecular formula is C16H25N9O5. The third-order valence-electron chi connectivity index (χ3n) is 4.66. The molecule has 3 heterocycles. The summed E-state index contributed by atoms with van der Waals surface area (Å²) in [5.74, 6) is -0.528. The highest BCUT2D eigenvalue weighted by Crippen LogP contribution is 2.32. The number of nitrogens with two attached hydrogens (primary N) is 4. The fourth-order valence-corrected chi connectivity index (χ4v) is 3.06. The van der Waals surface area contributed by atoms with Crippen LogP contribution in [0.25, 0.3) is 11.2 Å². The summed E-state index contributed by atoms with van der Waals surface area (Å²) < 4.78 is 12.3. The molecule has 0 aliphatic carbocycles. The van der Waals surface area contributed by atoms with Crippen molar-refractivity contribution in [3.63, 3.8) is 0 Å². The minimum Gasteiger partial charge on any atom is -0.462 e. The van der Waals surface area contributed by atoms with Crippen LogP contribution in [0.4, 0.5) is 5.82 Å². The standard InChI is InChI=1S/C16H25N9O5/c17-7(2-1-3-21-16(19)20)15(28)29-4-8-10(26)11(27)14(30-8)25-6-24-9-12(18)22-5-23-13(9)25/h5-8,10-11,14,26-27H,1-4,17H2,(H2,18,22,23)(H4,19,20,21)/t7-,8+,10+,11+,14+/m0/s1. The van der Waals surface area contributed by atoms with Gasteiger partial charge >= 0.3 is 5.97 Å². The Bertz CT molecular complexity index is 916. The fourth-order valence-electron chi connectivity index (χ4n) is 3.06. The van der Waals surface area contributed by atoms with E-state index >= 15 is 0 Å². The monoisotopic (exact) mass is 423 g/mol. The number of hydrogen-bond acceptors (Lipinski definition) is 11. The van der Waals surface area contributed by atoms with Crippen molar-refractivity contribution >= 4 is 28.9 Å². The number of aliphatic hydroxyl groups is 2. The third kappa shape index (κ3) is 4.56. The van der Waals surface area contributed by atoms with Crippen molar-refractivity contribution < 1.29 is 24.5 Å². The minimum absolute atomic E-state index is 0.0357. The van der Waals surface area contributed by atoms with E-state index in [1.54, 1.807) is 0 Å². The Morgan fingerprint density at radius 2 is 2.07 bits per heavy atom. The molecule has 0 saturated carbocycles. The largest absolute Gasteiger partial charge is 0.462 e. The second-order valence-corrected chi connectivity index (χ2v) is 6.81. The Hall–Kier alpha value is -3.07. The van der Waals surface area contributed by atoms with Crippen molar-refractivity contribution in [1.29, 1.82) is 0 Å². The number of hydrogen-bond donors (Lipinski definition) is 6. The Morgan fingerprint density at radius 3 is 2.80 bits per heavy atom. The number of carbonyl (C=O) groups excluding carboxylic acids is 1. The van der Waals surface area contributed by atoms with Gasteiger partial charge in [0.05, 0.1) is 6.33 Å². The number of nitrogen functional groups attached to an aromatic ring is 1. The summed E-state index contributed by atoms with van der Waals surface area (Å²) in [5.41, 5.74) is 22.7. The number of ether oxygens (including phenoxy) is 2. The van der Waals surface area contributed by atoms with Crippen LogP contribution in [0, 0.1) is 0 Å². The van der Waals surface area contributed by atoms with E-state index in [-0.39, 0.29) is 18.4 Å². The van der Waals surface area contributed by atoms with E-state index in [4.69, 9.17) is 32.4 Å². The number of aliphatic hydroxyl groups excluding tert-OH is 2. The molecule has 2 aromatic heterocycles. The van der Waals surface area contributed by atoms with Gasteiger partial charge in [0, 0.05) is 6.54 Å². The van der Waals surface area contributed by atoms with E-state index in [1.807, 2.05) is 0 Å². The lowest BCUT2D eigenvalue weighted by atomic mass is 10.1. The van der Waals surface area contributed by atoms with Crippen LogP contribution in [0.3, 0.4) is 0 Å². The number of carbonyl (C=O) groups is 1. The molecule has 164 valence electrons. The normalized spacial score (nSPS) is 24.6. The summed E-state index contributed by atoms with van der Waals surface area (Å²) in [5, 5.41) is 20.7. The molecule has 30 heavy (non-hydrogen) atoms. The van der Waals surface area contributed by atoms with Gasteiger partial charge in [-0.05, 0) is 12.8 Å². The van der Waals surface area contributed by atoms with Crippen LogP contribution in [-0.4, -0.2) is 79.2 Å². The summed E-state index contributed by atoms with van der Waals surface area (Å²) in [7, 11) is 0. The first-order chi connectivity index (χ1) is 14.3. The van der Waals surface area contributed by atoms with Gasteiger partial charge in [0.15, 0.2) is 23.7 Å². The van der Waals surface area contributed by atoms with E-state index in [0.717, 1.165) is 0 Å². The maximum absolute atomic E-state index is 12.1. The number of guanidine groups is 1. The highest BCUT2D eigenvalue weighted by Gasteiger charge is 2.45. The molecule has 0 radical (unpaired) electrons. The van der Waals surface area contributed by atoms with Gasteiger partial charge in [-0.3, -0.25) is 14.4 Å². The molecule has 3 rings (SSSR count). The van der Waals surface area contributed by atoms with Gasteiger partial charge in [-0.1, -0.05) is 0 Å². The van der Waals surface area contributed by atoms with Gasteiger partial charge in [-0.15, -0.1) is 0 Å². The first kappa shape index (κ1) is 21.6. The number of anilines is 1. The van der Waals surface area contributed by atoms with Crippen molar-refractivity contribution in [3.8, 4) is 0 Å². The van der Waals surface area contributed by atoms with Crippen LogP contribution in [0.5, 0.6) is 0 Å². The van der Waals surface area contributed by atoms with Gasteiger partial charge < -0.3 is 42.6 Å². The van der Waals surface area contributed by atoms with E-state index in [2.05, 4.69) is 19.9 Å². The number of nitrogens with zero attached hydrogens (tertiary/aromatic N) is 5. The van der Waals surface area contributed by atoms with Crippen molar-refractivity contribution in [3.05, 3.63) is 12.7 Å². The quantitative estimate of drug-likeness (QED) is 0.107. The third-order valence-corrected chi connectivity index (χ3v) is 4.66. The summed E-state index contributed by atoms with van der Waals surface area (Å²) in [6.45, 7) is 0.0491. The maximum atomic E-state index is 12.1.